The van der Waals surface area contributed by atoms with E-state index >= 15 is 0 Å². The van der Waals surface area contributed by atoms with E-state index in [0.29, 0.717) is 12.0 Å². The van der Waals surface area contributed by atoms with E-state index in [1.807, 2.05) is 20.9 Å². The van der Waals surface area contributed by atoms with Crippen LogP contribution in [0.2, 0.25) is 5.02 Å². The maximum Gasteiger partial charge on any atom is 0.145 e. The van der Waals surface area contributed by atoms with E-state index in [9.17, 15) is 9.50 Å². The fourth-order valence-electron chi connectivity index (χ4n) is 2.38. The number of nitrogens with zero attached hydrogens (tertiary/aromatic N) is 2. The molecule has 0 aliphatic rings. The Hall–Kier alpha value is -1.39. The van der Waals surface area contributed by atoms with E-state index < -0.39 is 11.9 Å². The number of aliphatic hydroxyl groups is 1. The average molecular weight is 297 g/mol. The minimum atomic E-state index is -0.662. The number of hydrogen-bond donors (Lipinski definition) is 1. The van der Waals surface area contributed by atoms with Gasteiger partial charge in [0.25, 0.3) is 0 Å². The molecule has 0 saturated heterocycles. The summed E-state index contributed by atoms with van der Waals surface area (Å²) in [7, 11) is 1.87. The molecule has 2 aromatic rings. The van der Waals surface area contributed by atoms with Gasteiger partial charge in [0, 0.05) is 25.6 Å². The first-order valence-corrected chi connectivity index (χ1v) is 6.88. The van der Waals surface area contributed by atoms with E-state index in [-0.39, 0.29) is 11.4 Å². The fourth-order valence-corrected chi connectivity index (χ4v) is 2.57. The Balaban J connectivity index is 2.13. The van der Waals surface area contributed by atoms with E-state index in [2.05, 4.69) is 5.10 Å². The van der Waals surface area contributed by atoms with Crippen LogP contribution >= 0.6 is 11.6 Å². The molecule has 1 atom stereocenters. The van der Waals surface area contributed by atoms with Crippen LogP contribution in [0, 0.1) is 19.7 Å². The minimum Gasteiger partial charge on any atom is -0.392 e. The average Bonchev–Trinajstić information content (AvgIpc) is 2.62. The van der Waals surface area contributed by atoms with Crippen molar-refractivity contribution < 1.29 is 9.50 Å². The van der Waals surface area contributed by atoms with Gasteiger partial charge in [-0.3, -0.25) is 4.68 Å². The zero-order valence-electron chi connectivity index (χ0n) is 11.8. The zero-order chi connectivity index (χ0) is 14.9. The fraction of sp³-hybridized carbons (Fsp3) is 0.400. The summed E-state index contributed by atoms with van der Waals surface area (Å²) in [5, 5.41) is 14.6. The molecular weight excluding hydrogens is 279 g/mol. The van der Waals surface area contributed by atoms with Gasteiger partial charge in [-0.25, -0.2) is 4.39 Å². The van der Waals surface area contributed by atoms with Crippen LogP contribution in [0.5, 0.6) is 0 Å². The third kappa shape index (κ3) is 3.02. The molecule has 2 rings (SSSR count). The molecule has 1 aromatic heterocycles. The first-order valence-electron chi connectivity index (χ1n) is 6.50. The smallest absolute Gasteiger partial charge is 0.145 e. The lowest BCUT2D eigenvalue weighted by Crippen LogP contribution is -2.16. The normalized spacial score (nSPS) is 12.7. The van der Waals surface area contributed by atoms with Gasteiger partial charge in [-0.2, -0.15) is 5.10 Å². The molecule has 1 aromatic carbocycles. The molecule has 20 heavy (non-hydrogen) atoms. The quantitative estimate of drug-likeness (QED) is 0.942. The van der Waals surface area contributed by atoms with Gasteiger partial charge in [-0.05, 0) is 31.0 Å². The van der Waals surface area contributed by atoms with Gasteiger partial charge in [0.15, 0.2) is 0 Å². The van der Waals surface area contributed by atoms with Crippen LogP contribution in [0.4, 0.5) is 4.39 Å². The molecule has 5 heteroatoms. The Morgan fingerprint density at radius 3 is 2.65 bits per heavy atom. The van der Waals surface area contributed by atoms with Crippen LogP contribution in [-0.2, 0) is 19.9 Å². The predicted octanol–water partition coefficient (Wildman–Crippen LogP) is 2.98. The zero-order valence-corrected chi connectivity index (χ0v) is 12.6. The lowest BCUT2D eigenvalue weighted by molar-refractivity contribution is 0.173. The summed E-state index contributed by atoms with van der Waals surface area (Å²) >= 11 is 5.74. The van der Waals surface area contributed by atoms with Crippen LogP contribution in [0.25, 0.3) is 0 Å². The molecule has 1 unspecified atom stereocenters. The van der Waals surface area contributed by atoms with E-state index in [4.69, 9.17) is 11.6 Å². The maximum absolute atomic E-state index is 13.8. The van der Waals surface area contributed by atoms with Crippen molar-refractivity contribution in [3.63, 3.8) is 0 Å². The summed E-state index contributed by atoms with van der Waals surface area (Å²) in [6.07, 6.45) is 0.0297. The Bertz CT molecular complexity index is 625. The molecule has 1 N–H and O–H groups in total. The van der Waals surface area contributed by atoms with Crippen LogP contribution < -0.4 is 0 Å². The Morgan fingerprint density at radius 2 is 2.05 bits per heavy atom. The second-order valence-electron chi connectivity index (χ2n) is 5.05. The molecule has 0 amide bonds. The van der Waals surface area contributed by atoms with Crippen molar-refractivity contribution in [2.75, 3.05) is 0 Å². The van der Waals surface area contributed by atoms with E-state index in [0.717, 1.165) is 17.0 Å². The summed E-state index contributed by atoms with van der Waals surface area (Å²) in [6.45, 7) is 3.87. The second-order valence-corrected chi connectivity index (χ2v) is 5.46. The van der Waals surface area contributed by atoms with Crippen LogP contribution in [0.1, 0.15) is 22.5 Å². The Morgan fingerprint density at radius 1 is 1.35 bits per heavy atom. The third-order valence-corrected chi connectivity index (χ3v) is 3.88. The van der Waals surface area contributed by atoms with Crippen molar-refractivity contribution in [2.45, 2.75) is 32.8 Å². The molecule has 0 aliphatic carbocycles. The number of aryl methyl sites for hydroxylation is 2. The first-order chi connectivity index (χ1) is 9.40. The minimum absolute atomic E-state index is 0.0865. The number of aliphatic hydroxyl groups excluding tert-OH is 1. The first kappa shape index (κ1) is 15.0. The van der Waals surface area contributed by atoms with Gasteiger partial charge < -0.3 is 5.11 Å². The summed E-state index contributed by atoms with van der Waals surface area (Å²) in [5.74, 6) is -0.451. The van der Waals surface area contributed by atoms with Gasteiger partial charge in [0.05, 0.1) is 16.8 Å². The van der Waals surface area contributed by atoms with Crippen molar-refractivity contribution in [3.05, 3.63) is 51.6 Å². The molecule has 0 spiro atoms. The molecular formula is C15H18ClFN2O. The summed E-state index contributed by atoms with van der Waals surface area (Å²) in [5.41, 5.74) is 3.37. The molecule has 0 fully saturated rings. The maximum atomic E-state index is 13.8. The number of rotatable bonds is 4. The molecule has 0 aliphatic heterocycles. The van der Waals surface area contributed by atoms with Crippen LogP contribution in [0.15, 0.2) is 18.2 Å². The van der Waals surface area contributed by atoms with Crippen molar-refractivity contribution in [1.82, 2.24) is 9.78 Å². The summed E-state index contributed by atoms with van der Waals surface area (Å²) in [6, 6.07) is 4.84. The number of hydrogen-bond acceptors (Lipinski definition) is 2. The standard InChI is InChI=1S/C15H18ClFN2O/c1-9-13(10(2)19(3)18-9)8-12(20)7-11-5-4-6-14(16)15(11)17/h4-6,12,20H,7-8H2,1-3H3. The van der Waals surface area contributed by atoms with Gasteiger partial charge in [0.2, 0.25) is 0 Å². The van der Waals surface area contributed by atoms with Crippen molar-refractivity contribution in [2.24, 2.45) is 7.05 Å². The molecule has 1 heterocycles. The van der Waals surface area contributed by atoms with Gasteiger partial charge in [-0.15, -0.1) is 0 Å². The van der Waals surface area contributed by atoms with Crippen molar-refractivity contribution in [3.8, 4) is 0 Å². The van der Waals surface area contributed by atoms with Crippen molar-refractivity contribution >= 4 is 11.6 Å². The van der Waals surface area contributed by atoms with Crippen molar-refractivity contribution in [1.29, 1.82) is 0 Å². The predicted molar refractivity (Wildman–Crippen MR) is 77.5 cm³/mol. The third-order valence-electron chi connectivity index (χ3n) is 3.59. The highest BCUT2D eigenvalue weighted by atomic mass is 35.5. The van der Waals surface area contributed by atoms with E-state index in [1.54, 1.807) is 16.8 Å². The summed E-state index contributed by atoms with van der Waals surface area (Å²) in [4.78, 5) is 0. The van der Waals surface area contributed by atoms with Gasteiger partial charge in [-0.1, -0.05) is 23.7 Å². The number of benzene rings is 1. The van der Waals surface area contributed by atoms with Crippen LogP contribution in [-0.4, -0.2) is 21.0 Å². The SMILES string of the molecule is Cc1nn(C)c(C)c1CC(O)Cc1cccc(Cl)c1F. The Kier molecular flexibility index (Phi) is 4.45. The topological polar surface area (TPSA) is 38.0 Å². The van der Waals surface area contributed by atoms with E-state index in [1.165, 1.54) is 6.07 Å². The number of aromatic nitrogens is 2. The molecule has 108 valence electrons. The highest BCUT2D eigenvalue weighted by Crippen LogP contribution is 2.21. The number of halogens is 2. The molecule has 0 saturated carbocycles. The Labute approximate surface area is 123 Å². The summed E-state index contributed by atoms with van der Waals surface area (Å²) < 4.78 is 15.6. The molecule has 0 bridgehead atoms. The second kappa shape index (κ2) is 5.94. The monoisotopic (exact) mass is 296 g/mol. The lowest BCUT2D eigenvalue weighted by atomic mass is 10.00. The molecule has 0 radical (unpaired) electrons. The van der Waals surface area contributed by atoms with Crippen LogP contribution in [0.3, 0.4) is 0 Å². The van der Waals surface area contributed by atoms with Gasteiger partial charge >= 0.3 is 0 Å². The highest BCUT2D eigenvalue weighted by molar-refractivity contribution is 6.30. The van der Waals surface area contributed by atoms with Gasteiger partial charge in [0.1, 0.15) is 5.82 Å². The molecule has 3 nitrogen and oxygen atoms in total. The largest absolute Gasteiger partial charge is 0.392 e. The lowest BCUT2D eigenvalue weighted by Gasteiger charge is -2.12. The highest BCUT2D eigenvalue weighted by Gasteiger charge is 2.16.